The van der Waals surface area contributed by atoms with Crippen LogP contribution < -0.4 is 5.56 Å². The van der Waals surface area contributed by atoms with Crippen LogP contribution in [0.2, 0.25) is 0 Å². The molecule has 3 aromatic rings. The highest BCUT2D eigenvalue weighted by molar-refractivity contribution is 7.15. The number of amides is 1. The molecule has 0 radical (unpaired) electrons. The average Bonchev–Trinajstić information content (AvgIpc) is 3.19. The van der Waals surface area contributed by atoms with E-state index < -0.39 is 5.56 Å². The number of thiazole rings is 1. The molecule has 3 heterocycles. The van der Waals surface area contributed by atoms with Crippen molar-refractivity contribution < 1.29 is 9.32 Å². The van der Waals surface area contributed by atoms with Gasteiger partial charge in [-0.1, -0.05) is 19.0 Å². The van der Waals surface area contributed by atoms with Gasteiger partial charge >= 0.3 is 0 Å². The number of hydrogen-bond acceptors (Lipinski definition) is 7. The molecule has 3 aromatic heterocycles. The molecular weight excluding hydrogens is 342 g/mol. The molecule has 0 fully saturated rings. The summed E-state index contributed by atoms with van der Waals surface area (Å²) in [6.07, 6.45) is 2.42. The van der Waals surface area contributed by atoms with Crippen LogP contribution in [0.15, 0.2) is 27.0 Å². The summed E-state index contributed by atoms with van der Waals surface area (Å²) in [7, 11) is 0. The van der Waals surface area contributed by atoms with E-state index in [-0.39, 0.29) is 18.1 Å². The molecule has 9 heteroatoms. The smallest absolute Gasteiger partial charge is 0.274 e. The van der Waals surface area contributed by atoms with Crippen LogP contribution in [-0.2, 0) is 13.0 Å². The second-order valence-electron chi connectivity index (χ2n) is 6.06. The highest BCUT2D eigenvalue weighted by atomic mass is 32.1. The van der Waals surface area contributed by atoms with Crippen molar-refractivity contribution >= 4 is 22.2 Å². The number of aromatic nitrogens is 4. The monoisotopic (exact) mass is 361 g/mol. The maximum Gasteiger partial charge on any atom is 0.274 e. The zero-order chi connectivity index (χ0) is 18.0. The van der Waals surface area contributed by atoms with Crippen LogP contribution >= 0.6 is 11.3 Å². The Morgan fingerprint density at radius 1 is 1.40 bits per heavy atom. The number of hydrogen-bond donors (Lipinski definition) is 0. The SMILES string of the molecule is CCN(Cc1noc(CC(C)C)n1)C(=O)c1cc(=O)nc2sccn12. The lowest BCUT2D eigenvalue weighted by Crippen LogP contribution is -2.33. The third-order valence-electron chi connectivity index (χ3n) is 3.63. The molecular formula is C16H19N5O3S. The van der Waals surface area contributed by atoms with Gasteiger partial charge in [-0.25, -0.2) is 0 Å². The van der Waals surface area contributed by atoms with E-state index in [0.717, 1.165) is 0 Å². The minimum atomic E-state index is -0.430. The Hall–Kier alpha value is -2.55. The van der Waals surface area contributed by atoms with Crippen LogP contribution in [0.3, 0.4) is 0 Å². The standard InChI is InChI=1S/C16H19N5O3S/c1-4-20(9-12-17-14(24-19-12)7-10(2)3)15(23)11-8-13(22)18-16-21(11)5-6-25-16/h5-6,8,10H,4,7,9H2,1-3H3. The fraction of sp³-hybridized carbons (Fsp3) is 0.438. The molecule has 0 aliphatic carbocycles. The first-order valence-corrected chi connectivity index (χ1v) is 8.93. The predicted octanol–water partition coefficient (Wildman–Crippen LogP) is 2.00. The highest BCUT2D eigenvalue weighted by Gasteiger charge is 2.21. The molecule has 0 aliphatic rings. The van der Waals surface area contributed by atoms with Crippen molar-refractivity contribution in [2.24, 2.45) is 5.92 Å². The second-order valence-corrected chi connectivity index (χ2v) is 6.93. The molecule has 0 atom stereocenters. The molecule has 0 aliphatic heterocycles. The van der Waals surface area contributed by atoms with Gasteiger partial charge in [0, 0.05) is 30.6 Å². The number of nitrogens with zero attached hydrogens (tertiary/aromatic N) is 5. The Balaban J connectivity index is 1.85. The molecule has 0 aromatic carbocycles. The summed E-state index contributed by atoms with van der Waals surface area (Å²) in [4.78, 5) is 34.9. The third-order valence-corrected chi connectivity index (χ3v) is 4.38. The molecule has 1 amide bonds. The van der Waals surface area contributed by atoms with Gasteiger partial charge < -0.3 is 9.42 Å². The molecule has 0 saturated heterocycles. The van der Waals surface area contributed by atoms with Gasteiger partial charge in [0.25, 0.3) is 11.5 Å². The molecule has 0 unspecified atom stereocenters. The molecule has 25 heavy (non-hydrogen) atoms. The van der Waals surface area contributed by atoms with Crippen LogP contribution in [0, 0.1) is 5.92 Å². The van der Waals surface area contributed by atoms with Crippen molar-refractivity contribution in [3.8, 4) is 0 Å². The summed E-state index contributed by atoms with van der Waals surface area (Å²) in [5.41, 5.74) is -0.148. The zero-order valence-electron chi connectivity index (χ0n) is 14.3. The topological polar surface area (TPSA) is 93.6 Å². The van der Waals surface area contributed by atoms with Crippen LogP contribution in [0.4, 0.5) is 0 Å². The summed E-state index contributed by atoms with van der Waals surface area (Å²) < 4.78 is 6.84. The lowest BCUT2D eigenvalue weighted by molar-refractivity contribution is 0.0739. The summed E-state index contributed by atoms with van der Waals surface area (Å²) in [6.45, 7) is 6.68. The minimum absolute atomic E-state index is 0.222. The van der Waals surface area contributed by atoms with Crippen molar-refractivity contribution in [3.63, 3.8) is 0 Å². The van der Waals surface area contributed by atoms with Crippen LogP contribution in [-0.4, -0.2) is 36.9 Å². The average molecular weight is 361 g/mol. The number of carbonyl (C=O) groups is 1. The van der Waals surface area contributed by atoms with Crippen molar-refractivity contribution in [3.05, 3.63) is 45.4 Å². The first kappa shape index (κ1) is 17.3. The Kier molecular flexibility index (Phi) is 4.93. The quantitative estimate of drug-likeness (QED) is 0.666. The lowest BCUT2D eigenvalue weighted by Gasteiger charge is -2.19. The van der Waals surface area contributed by atoms with Gasteiger partial charge in [-0.15, -0.1) is 11.3 Å². The predicted molar refractivity (Wildman–Crippen MR) is 92.6 cm³/mol. The van der Waals surface area contributed by atoms with E-state index in [1.807, 2.05) is 6.92 Å². The number of rotatable bonds is 6. The van der Waals surface area contributed by atoms with Gasteiger partial charge in [-0.3, -0.25) is 14.0 Å². The normalized spacial score (nSPS) is 11.4. The van der Waals surface area contributed by atoms with Gasteiger partial charge in [0.15, 0.2) is 10.8 Å². The molecule has 0 bridgehead atoms. The van der Waals surface area contributed by atoms with E-state index in [4.69, 9.17) is 4.52 Å². The minimum Gasteiger partial charge on any atom is -0.339 e. The van der Waals surface area contributed by atoms with Crippen LogP contribution in [0.1, 0.15) is 43.0 Å². The third kappa shape index (κ3) is 3.76. The van der Waals surface area contributed by atoms with Crippen LogP contribution in [0.5, 0.6) is 0 Å². The molecule has 0 spiro atoms. The maximum atomic E-state index is 12.9. The van der Waals surface area contributed by atoms with Crippen LogP contribution in [0.25, 0.3) is 4.96 Å². The van der Waals surface area contributed by atoms with Crippen molar-refractivity contribution in [2.45, 2.75) is 33.7 Å². The zero-order valence-corrected chi connectivity index (χ0v) is 15.1. The van der Waals surface area contributed by atoms with Gasteiger partial charge in [-0.2, -0.15) is 9.97 Å². The Labute approximate surface area is 148 Å². The molecule has 8 nitrogen and oxygen atoms in total. The highest BCUT2D eigenvalue weighted by Crippen LogP contribution is 2.13. The van der Waals surface area contributed by atoms with E-state index >= 15 is 0 Å². The lowest BCUT2D eigenvalue weighted by atomic mass is 10.1. The van der Waals surface area contributed by atoms with Crippen molar-refractivity contribution in [1.82, 2.24) is 24.4 Å². The summed E-state index contributed by atoms with van der Waals surface area (Å²) >= 11 is 1.31. The first-order chi connectivity index (χ1) is 12.0. The van der Waals surface area contributed by atoms with E-state index in [2.05, 4.69) is 29.0 Å². The summed E-state index contributed by atoms with van der Waals surface area (Å²) in [5.74, 6) is 1.15. The van der Waals surface area contributed by atoms with Crippen molar-refractivity contribution in [2.75, 3.05) is 6.54 Å². The molecule has 132 valence electrons. The summed E-state index contributed by atoms with van der Waals surface area (Å²) in [6, 6.07) is 1.26. The Morgan fingerprint density at radius 2 is 2.20 bits per heavy atom. The van der Waals surface area contributed by atoms with E-state index in [1.54, 1.807) is 20.9 Å². The molecule has 3 rings (SSSR count). The van der Waals surface area contributed by atoms with Gasteiger partial charge in [0.2, 0.25) is 5.89 Å². The van der Waals surface area contributed by atoms with E-state index in [0.29, 0.717) is 35.6 Å². The van der Waals surface area contributed by atoms with Crippen molar-refractivity contribution in [1.29, 1.82) is 0 Å². The second kappa shape index (κ2) is 7.14. The molecule has 0 saturated carbocycles. The van der Waals surface area contributed by atoms with Gasteiger partial charge in [-0.05, 0) is 12.8 Å². The largest absolute Gasteiger partial charge is 0.339 e. The number of carbonyl (C=O) groups excluding carboxylic acids is 1. The Bertz CT molecular complexity index is 943. The first-order valence-electron chi connectivity index (χ1n) is 8.05. The number of fused-ring (bicyclic) bond motifs is 1. The molecule has 0 N–H and O–H groups in total. The van der Waals surface area contributed by atoms with Gasteiger partial charge in [0.05, 0.1) is 6.54 Å². The fourth-order valence-corrected chi connectivity index (χ4v) is 3.18. The maximum absolute atomic E-state index is 12.9. The van der Waals surface area contributed by atoms with E-state index in [1.165, 1.54) is 17.4 Å². The fourth-order valence-electron chi connectivity index (χ4n) is 2.46. The van der Waals surface area contributed by atoms with Gasteiger partial charge in [0.1, 0.15) is 5.69 Å². The van der Waals surface area contributed by atoms with E-state index in [9.17, 15) is 9.59 Å². The Morgan fingerprint density at radius 3 is 2.92 bits per heavy atom. The summed E-state index contributed by atoms with van der Waals surface area (Å²) in [5, 5.41) is 5.73.